The Morgan fingerprint density at radius 1 is 1.04 bits per heavy atom. The maximum atomic E-state index is 13.6. The van der Waals surface area contributed by atoms with Gasteiger partial charge in [-0.05, 0) is 49.2 Å². The number of pyridine rings is 1. The van der Waals surface area contributed by atoms with E-state index in [1.165, 1.54) is 17.0 Å². The summed E-state index contributed by atoms with van der Waals surface area (Å²) in [5.74, 6) is -0.839. The molecular formula is C23H19FN2O2. The molecule has 0 N–H and O–H groups in total. The fraction of sp³-hybridized carbons (Fsp3) is 0.174. The van der Waals surface area contributed by atoms with Gasteiger partial charge in [0, 0.05) is 30.1 Å². The summed E-state index contributed by atoms with van der Waals surface area (Å²) in [6.45, 7) is 2.21. The second kappa shape index (κ2) is 7.35. The summed E-state index contributed by atoms with van der Waals surface area (Å²) >= 11 is 0. The Kier molecular flexibility index (Phi) is 4.74. The molecule has 0 saturated carbocycles. The van der Waals surface area contributed by atoms with Gasteiger partial charge in [-0.15, -0.1) is 0 Å². The Balaban J connectivity index is 1.63. The summed E-state index contributed by atoms with van der Waals surface area (Å²) in [7, 11) is 0. The van der Waals surface area contributed by atoms with Gasteiger partial charge in [0.1, 0.15) is 5.82 Å². The maximum absolute atomic E-state index is 13.6. The van der Waals surface area contributed by atoms with Crippen LogP contribution in [-0.4, -0.2) is 28.2 Å². The van der Waals surface area contributed by atoms with Gasteiger partial charge in [-0.25, -0.2) is 4.39 Å². The first kappa shape index (κ1) is 18.0. The summed E-state index contributed by atoms with van der Waals surface area (Å²) in [6, 6.07) is 13.4. The zero-order chi connectivity index (χ0) is 19.7. The number of halogens is 1. The first-order valence-electron chi connectivity index (χ1n) is 9.23. The molecule has 2 amide bonds. The zero-order valence-electron chi connectivity index (χ0n) is 15.5. The lowest BCUT2D eigenvalue weighted by Gasteiger charge is -2.15. The summed E-state index contributed by atoms with van der Waals surface area (Å²) in [5, 5.41) is 0.836. The van der Waals surface area contributed by atoms with Gasteiger partial charge in [0.25, 0.3) is 11.8 Å². The van der Waals surface area contributed by atoms with E-state index >= 15 is 0 Å². The van der Waals surface area contributed by atoms with Crippen molar-refractivity contribution in [3.05, 3.63) is 88.9 Å². The van der Waals surface area contributed by atoms with Crippen LogP contribution < -0.4 is 0 Å². The Morgan fingerprint density at radius 2 is 1.75 bits per heavy atom. The van der Waals surface area contributed by atoms with E-state index in [4.69, 9.17) is 0 Å². The van der Waals surface area contributed by atoms with Crippen molar-refractivity contribution in [2.24, 2.45) is 0 Å². The second-order valence-corrected chi connectivity index (χ2v) is 6.76. The van der Waals surface area contributed by atoms with Crippen LogP contribution in [0, 0.1) is 5.82 Å². The molecule has 4 rings (SSSR count). The molecule has 2 heterocycles. The van der Waals surface area contributed by atoms with E-state index in [0.717, 1.165) is 16.6 Å². The number of aromatic nitrogens is 1. The van der Waals surface area contributed by atoms with Crippen LogP contribution in [0.2, 0.25) is 0 Å². The van der Waals surface area contributed by atoms with Gasteiger partial charge < -0.3 is 0 Å². The van der Waals surface area contributed by atoms with Crippen LogP contribution >= 0.6 is 0 Å². The van der Waals surface area contributed by atoms with E-state index < -0.39 is 0 Å². The van der Waals surface area contributed by atoms with Crippen LogP contribution in [0.25, 0.3) is 10.9 Å². The minimum atomic E-state index is -0.323. The predicted molar refractivity (Wildman–Crippen MR) is 106 cm³/mol. The minimum Gasteiger partial charge on any atom is -0.274 e. The van der Waals surface area contributed by atoms with E-state index in [-0.39, 0.29) is 24.2 Å². The molecule has 1 aliphatic rings. The average Bonchev–Trinajstić information content (AvgIpc) is 2.95. The summed E-state index contributed by atoms with van der Waals surface area (Å²) < 4.78 is 13.6. The molecule has 4 nitrogen and oxygen atoms in total. The molecule has 0 aliphatic carbocycles. The van der Waals surface area contributed by atoms with Crippen LogP contribution in [0.1, 0.15) is 38.9 Å². The van der Waals surface area contributed by atoms with Crippen molar-refractivity contribution >= 4 is 22.7 Å². The summed E-state index contributed by atoms with van der Waals surface area (Å²) in [4.78, 5) is 31.1. The van der Waals surface area contributed by atoms with Crippen molar-refractivity contribution in [1.82, 2.24) is 9.88 Å². The van der Waals surface area contributed by atoms with Crippen LogP contribution in [0.3, 0.4) is 0 Å². The average molecular weight is 374 g/mol. The van der Waals surface area contributed by atoms with Crippen LogP contribution in [-0.2, 0) is 12.8 Å². The maximum Gasteiger partial charge on any atom is 0.261 e. The van der Waals surface area contributed by atoms with Gasteiger partial charge in [-0.2, -0.15) is 0 Å². The minimum absolute atomic E-state index is 0.258. The molecule has 28 heavy (non-hydrogen) atoms. The van der Waals surface area contributed by atoms with Gasteiger partial charge >= 0.3 is 0 Å². The van der Waals surface area contributed by atoms with Gasteiger partial charge in [0.15, 0.2) is 0 Å². The normalized spacial score (nSPS) is 13.7. The number of benzene rings is 2. The third-order valence-corrected chi connectivity index (χ3v) is 4.98. The first-order chi connectivity index (χ1) is 13.6. The van der Waals surface area contributed by atoms with Crippen LogP contribution in [0.15, 0.2) is 60.7 Å². The second-order valence-electron chi connectivity index (χ2n) is 6.76. The van der Waals surface area contributed by atoms with Gasteiger partial charge in [-0.1, -0.05) is 24.3 Å². The molecule has 2 aromatic carbocycles. The lowest BCUT2D eigenvalue weighted by molar-refractivity contribution is 0.0656. The molecule has 0 bridgehead atoms. The quantitative estimate of drug-likeness (QED) is 0.493. The third kappa shape index (κ3) is 3.20. The molecule has 5 heteroatoms. The zero-order valence-corrected chi connectivity index (χ0v) is 15.5. The van der Waals surface area contributed by atoms with Gasteiger partial charge in [-0.3, -0.25) is 19.5 Å². The largest absolute Gasteiger partial charge is 0.274 e. The number of amides is 2. The lowest BCUT2D eigenvalue weighted by atomic mass is 10.0. The Labute approximate surface area is 162 Å². The number of imide groups is 1. The molecular weight excluding hydrogens is 355 g/mol. The van der Waals surface area contributed by atoms with E-state index in [1.807, 2.05) is 25.1 Å². The van der Waals surface area contributed by atoms with E-state index in [9.17, 15) is 14.0 Å². The van der Waals surface area contributed by atoms with E-state index in [2.05, 4.69) is 4.98 Å². The lowest BCUT2D eigenvalue weighted by Crippen LogP contribution is -2.32. The SMILES string of the molecule is C/C=C/Cc1nc2cc(F)ccc2cc1CCN1C(=O)c2ccccc2C1=O. The molecule has 0 unspecified atom stereocenters. The molecule has 0 fully saturated rings. The van der Waals surface area contributed by atoms with Gasteiger partial charge in [0.05, 0.1) is 16.6 Å². The fourth-order valence-electron chi connectivity index (χ4n) is 3.52. The van der Waals surface area contributed by atoms with E-state index in [1.54, 1.807) is 30.3 Å². The molecule has 3 aromatic rings. The summed E-state index contributed by atoms with van der Waals surface area (Å²) in [6.07, 6.45) is 5.03. The Morgan fingerprint density at radius 3 is 2.43 bits per heavy atom. The monoisotopic (exact) mass is 374 g/mol. The number of fused-ring (bicyclic) bond motifs is 2. The van der Waals surface area contributed by atoms with E-state index in [0.29, 0.717) is 29.5 Å². The van der Waals surface area contributed by atoms with Crippen molar-refractivity contribution in [2.45, 2.75) is 19.8 Å². The van der Waals surface area contributed by atoms with Crippen molar-refractivity contribution in [3.63, 3.8) is 0 Å². The molecule has 0 spiro atoms. The van der Waals surface area contributed by atoms with Crippen LogP contribution in [0.4, 0.5) is 4.39 Å². The smallest absolute Gasteiger partial charge is 0.261 e. The number of carbonyl (C=O) groups is 2. The highest BCUT2D eigenvalue weighted by Gasteiger charge is 2.34. The number of carbonyl (C=O) groups excluding carboxylic acids is 2. The van der Waals surface area contributed by atoms with Crippen molar-refractivity contribution in [1.29, 1.82) is 0 Å². The molecule has 140 valence electrons. The number of nitrogens with zero attached hydrogens (tertiary/aromatic N) is 2. The highest BCUT2D eigenvalue weighted by molar-refractivity contribution is 6.21. The fourth-order valence-corrected chi connectivity index (χ4v) is 3.52. The predicted octanol–water partition coefficient (Wildman–Crippen LogP) is 4.33. The third-order valence-electron chi connectivity index (χ3n) is 4.98. The number of allylic oxidation sites excluding steroid dienone is 2. The Hall–Kier alpha value is -3.34. The number of hydrogen-bond acceptors (Lipinski definition) is 3. The van der Waals surface area contributed by atoms with Crippen LogP contribution in [0.5, 0.6) is 0 Å². The topological polar surface area (TPSA) is 50.3 Å². The Bertz CT molecular complexity index is 1090. The summed E-state index contributed by atoms with van der Waals surface area (Å²) in [5.41, 5.74) is 3.29. The first-order valence-corrected chi connectivity index (χ1v) is 9.23. The van der Waals surface area contributed by atoms with Crippen molar-refractivity contribution < 1.29 is 14.0 Å². The van der Waals surface area contributed by atoms with Crippen molar-refractivity contribution in [2.75, 3.05) is 6.54 Å². The molecule has 1 aromatic heterocycles. The molecule has 1 aliphatic heterocycles. The standard InChI is InChI=1S/C23H19FN2O2/c1-2-3-8-20-16(13-15-9-10-17(24)14-21(15)25-20)11-12-26-22(27)18-6-4-5-7-19(18)23(26)28/h2-7,9-10,13-14H,8,11-12H2,1H3/b3-2+. The highest BCUT2D eigenvalue weighted by Crippen LogP contribution is 2.24. The molecule has 0 radical (unpaired) electrons. The number of rotatable bonds is 5. The van der Waals surface area contributed by atoms with Crippen molar-refractivity contribution in [3.8, 4) is 0 Å². The number of hydrogen-bond donors (Lipinski definition) is 0. The van der Waals surface area contributed by atoms with Gasteiger partial charge in [0.2, 0.25) is 0 Å². The molecule has 0 saturated heterocycles. The highest BCUT2D eigenvalue weighted by atomic mass is 19.1. The molecule has 0 atom stereocenters.